The van der Waals surface area contributed by atoms with Crippen molar-refractivity contribution in [1.29, 1.82) is 0 Å². The Balaban J connectivity index is 1.75. The molecular weight excluding hydrogens is 252 g/mol. The van der Waals surface area contributed by atoms with Gasteiger partial charge in [0.25, 0.3) is 0 Å². The summed E-state index contributed by atoms with van der Waals surface area (Å²) in [7, 11) is 2.18. The van der Waals surface area contributed by atoms with Crippen LogP contribution in [-0.2, 0) is 0 Å². The van der Waals surface area contributed by atoms with Gasteiger partial charge in [0.2, 0.25) is 0 Å². The molecule has 0 spiro atoms. The molecular formula is C15H24N4O. The Morgan fingerprint density at radius 2 is 1.90 bits per heavy atom. The van der Waals surface area contributed by atoms with E-state index in [0.29, 0.717) is 6.04 Å². The van der Waals surface area contributed by atoms with Crippen LogP contribution < -0.4 is 4.90 Å². The van der Waals surface area contributed by atoms with Crippen LogP contribution in [0.5, 0.6) is 0 Å². The molecule has 1 atom stereocenters. The summed E-state index contributed by atoms with van der Waals surface area (Å²) in [5.74, 6) is 0.966. The standard InChI is InChI=1S/C15H24N4O/c1-18-7-3-2-4-14(18)13-10-16-11-15(17-13)19-8-5-12(20)6-9-19/h10-12,14,20H,2-9H2,1H3. The van der Waals surface area contributed by atoms with Crippen LogP contribution >= 0.6 is 0 Å². The third-order valence-electron chi connectivity index (χ3n) is 4.54. The van der Waals surface area contributed by atoms with Gasteiger partial charge in [0, 0.05) is 13.1 Å². The SMILES string of the molecule is CN1CCCCC1c1cncc(N2CCC(O)CC2)n1. The Morgan fingerprint density at radius 1 is 1.10 bits per heavy atom. The summed E-state index contributed by atoms with van der Waals surface area (Å²) in [6.45, 7) is 2.89. The number of aliphatic hydroxyl groups excluding tert-OH is 1. The van der Waals surface area contributed by atoms with Gasteiger partial charge in [-0.05, 0) is 39.3 Å². The monoisotopic (exact) mass is 276 g/mol. The lowest BCUT2D eigenvalue weighted by Gasteiger charge is -2.33. The van der Waals surface area contributed by atoms with Gasteiger partial charge in [-0.25, -0.2) is 4.98 Å². The lowest BCUT2D eigenvalue weighted by molar-refractivity contribution is 0.145. The zero-order valence-electron chi connectivity index (χ0n) is 12.2. The number of rotatable bonds is 2. The van der Waals surface area contributed by atoms with Crippen LogP contribution in [0.15, 0.2) is 12.4 Å². The van der Waals surface area contributed by atoms with E-state index in [1.54, 1.807) is 0 Å². The van der Waals surface area contributed by atoms with Crippen molar-refractivity contribution in [2.45, 2.75) is 44.2 Å². The first-order valence-corrected chi connectivity index (χ1v) is 7.69. The molecule has 2 aliphatic rings. The molecule has 2 fully saturated rings. The Morgan fingerprint density at radius 3 is 2.65 bits per heavy atom. The highest BCUT2D eigenvalue weighted by atomic mass is 16.3. The summed E-state index contributed by atoms with van der Waals surface area (Å²) in [4.78, 5) is 13.9. The van der Waals surface area contributed by atoms with Crippen molar-refractivity contribution in [3.05, 3.63) is 18.1 Å². The second-order valence-corrected chi connectivity index (χ2v) is 6.01. The Hall–Kier alpha value is -1.20. The highest BCUT2D eigenvalue weighted by Crippen LogP contribution is 2.29. The fraction of sp³-hybridized carbons (Fsp3) is 0.733. The van der Waals surface area contributed by atoms with E-state index >= 15 is 0 Å². The van der Waals surface area contributed by atoms with Gasteiger partial charge in [0.05, 0.1) is 30.2 Å². The summed E-state index contributed by atoms with van der Waals surface area (Å²) in [5.41, 5.74) is 1.09. The van der Waals surface area contributed by atoms with E-state index in [2.05, 4.69) is 21.8 Å². The van der Waals surface area contributed by atoms with Gasteiger partial charge < -0.3 is 10.0 Å². The van der Waals surface area contributed by atoms with Gasteiger partial charge in [-0.3, -0.25) is 9.88 Å². The van der Waals surface area contributed by atoms with Crippen LogP contribution in [0.1, 0.15) is 43.8 Å². The summed E-state index contributed by atoms with van der Waals surface area (Å²) in [6.07, 6.45) is 9.00. The number of likely N-dealkylation sites (tertiary alicyclic amines) is 1. The number of aliphatic hydroxyl groups is 1. The molecule has 0 bridgehead atoms. The molecule has 0 aliphatic carbocycles. The molecule has 110 valence electrons. The fourth-order valence-corrected chi connectivity index (χ4v) is 3.23. The zero-order chi connectivity index (χ0) is 13.9. The average Bonchev–Trinajstić information content (AvgIpc) is 2.49. The van der Waals surface area contributed by atoms with Crippen LogP contribution in [0.4, 0.5) is 5.82 Å². The highest BCUT2D eigenvalue weighted by molar-refractivity contribution is 5.37. The molecule has 1 N–H and O–H groups in total. The lowest BCUT2D eigenvalue weighted by Crippen LogP contribution is -2.37. The van der Waals surface area contributed by atoms with Crippen molar-refractivity contribution in [2.24, 2.45) is 0 Å². The van der Waals surface area contributed by atoms with E-state index in [1.165, 1.54) is 19.3 Å². The number of hydrogen-bond acceptors (Lipinski definition) is 5. The first-order valence-electron chi connectivity index (χ1n) is 7.69. The Labute approximate surface area is 120 Å². The maximum atomic E-state index is 9.60. The van der Waals surface area contributed by atoms with Gasteiger partial charge in [0.1, 0.15) is 5.82 Å². The van der Waals surface area contributed by atoms with Crippen molar-refractivity contribution in [2.75, 3.05) is 31.6 Å². The second kappa shape index (κ2) is 6.06. The quantitative estimate of drug-likeness (QED) is 0.889. The van der Waals surface area contributed by atoms with Gasteiger partial charge in [-0.15, -0.1) is 0 Å². The molecule has 5 heteroatoms. The van der Waals surface area contributed by atoms with E-state index < -0.39 is 0 Å². The number of hydrogen-bond donors (Lipinski definition) is 1. The Kier molecular flexibility index (Phi) is 4.17. The summed E-state index contributed by atoms with van der Waals surface area (Å²) in [6, 6.07) is 0.409. The third kappa shape index (κ3) is 2.94. The predicted octanol–water partition coefficient (Wildman–Crippen LogP) is 1.59. The maximum absolute atomic E-state index is 9.60. The average molecular weight is 276 g/mol. The molecule has 2 aliphatic heterocycles. The molecule has 2 saturated heterocycles. The van der Waals surface area contributed by atoms with Crippen molar-refractivity contribution >= 4 is 5.82 Å². The van der Waals surface area contributed by atoms with E-state index in [1.807, 2.05) is 12.4 Å². The minimum absolute atomic E-state index is 0.146. The predicted molar refractivity (Wildman–Crippen MR) is 78.7 cm³/mol. The van der Waals surface area contributed by atoms with Crippen molar-refractivity contribution in [1.82, 2.24) is 14.9 Å². The van der Waals surface area contributed by atoms with Crippen molar-refractivity contribution in [3.8, 4) is 0 Å². The van der Waals surface area contributed by atoms with E-state index in [4.69, 9.17) is 4.98 Å². The fourth-order valence-electron chi connectivity index (χ4n) is 3.23. The Bertz CT molecular complexity index is 445. The van der Waals surface area contributed by atoms with Crippen molar-refractivity contribution < 1.29 is 5.11 Å². The molecule has 0 amide bonds. The molecule has 20 heavy (non-hydrogen) atoms. The van der Waals surface area contributed by atoms with Crippen LogP contribution in [-0.4, -0.2) is 52.8 Å². The topological polar surface area (TPSA) is 52.5 Å². The number of anilines is 1. The number of aromatic nitrogens is 2. The van der Waals surface area contributed by atoms with Gasteiger partial charge in [0.15, 0.2) is 0 Å². The molecule has 1 aromatic heterocycles. The lowest BCUT2D eigenvalue weighted by atomic mass is 10.0. The normalized spacial score (nSPS) is 25.9. The molecule has 0 aromatic carbocycles. The van der Waals surface area contributed by atoms with Gasteiger partial charge >= 0.3 is 0 Å². The number of nitrogens with zero attached hydrogens (tertiary/aromatic N) is 4. The van der Waals surface area contributed by atoms with Gasteiger partial charge in [-0.2, -0.15) is 0 Å². The summed E-state index contributed by atoms with van der Waals surface area (Å²) >= 11 is 0. The van der Waals surface area contributed by atoms with Crippen molar-refractivity contribution in [3.63, 3.8) is 0 Å². The molecule has 1 unspecified atom stereocenters. The number of piperidine rings is 2. The molecule has 3 rings (SSSR count). The van der Waals surface area contributed by atoms with E-state index in [0.717, 1.165) is 44.0 Å². The summed E-state index contributed by atoms with van der Waals surface area (Å²) < 4.78 is 0. The van der Waals surface area contributed by atoms with Gasteiger partial charge in [-0.1, -0.05) is 6.42 Å². The summed E-state index contributed by atoms with van der Waals surface area (Å²) in [5, 5.41) is 9.60. The minimum atomic E-state index is -0.146. The largest absolute Gasteiger partial charge is 0.393 e. The molecule has 3 heterocycles. The van der Waals surface area contributed by atoms with E-state index in [-0.39, 0.29) is 6.10 Å². The van der Waals surface area contributed by atoms with Crippen LogP contribution in [0, 0.1) is 0 Å². The van der Waals surface area contributed by atoms with Crippen LogP contribution in [0.3, 0.4) is 0 Å². The van der Waals surface area contributed by atoms with Crippen LogP contribution in [0.25, 0.3) is 0 Å². The zero-order valence-corrected chi connectivity index (χ0v) is 12.2. The molecule has 0 saturated carbocycles. The van der Waals surface area contributed by atoms with E-state index in [9.17, 15) is 5.11 Å². The molecule has 0 radical (unpaired) electrons. The maximum Gasteiger partial charge on any atom is 0.147 e. The smallest absolute Gasteiger partial charge is 0.147 e. The second-order valence-electron chi connectivity index (χ2n) is 6.01. The third-order valence-corrected chi connectivity index (χ3v) is 4.54. The minimum Gasteiger partial charge on any atom is -0.393 e. The highest BCUT2D eigenvalue weighted by Gasteiger charge is 2.24. The molecule has 1 aromatic rings. The molecule has 5 nitrogen and oxygen atoms in total. The van der Waals surface area contributed by atoms with Crippen LogP contribution in [0.2, 0.25) is 0 Å². The first-order chi connectivity index (χ1) is 9.74. The first kappa shape index (κ1) is 13.8.